The highest BCUT2D eigenvalue weighted by molar-refractivity contribution is 5.26. The monoisotopic (exact) mass is 311 g/mol. The Morgan fingerprint density at radius 1 is 1.13 bits per heavy atom. The standard InChI is InChI=1S/C21H29NO/c1-4-14-6-8-18-17-7-5-15-13-16(22-23)9-11-21(15,3)19(17)10-12-20(14,18)2/h1,13-14,16-19H,5-12H2,2-3H3/t14-,16-,17?,18?,19?,20?,21?/m0/s1. The van der Waals surface area contributed by atoms with Gasteiger partial charge in [-0.25, -0.2) is 0 Å². The average Bonchev–Trinajstić information content (AvgIpc) is 2.90. The second-order valence-corrected chi connectivity index (χ2v) is 9.08. The van der Waals surface area contributed by atoms with Crippen LogP contribution in [-0.4, -0.2) is 6.04 Å². The van der Waals surface area contributed by atoms with Gasteiger partial charge >= 0.3 is 0 Å². The van der Waals surface area contributed by atoms with Crippen LogP contribution in [0.1, 0.15) is 65.2 Å². The van der Waals surface area contributed by atoms with Crippen LogP contribution in [0.15, 0.2) is 16.8 Å². The highest BCUT2D eigenvalue weighted by Crippen LogP contribution is 2.66. The average molecular weight is 311 g/mol. The van der Waals surface area contributed by atoms with Crippen LogP contribution in [0.4, 0.5) is 0 Å². The maximum atomic E-state index is 11.0. The van der Waals surface area contributed by atoms with Gasteiger partial charge in [0, 0.05) is 5.92 Å². The van der Waals surface area contributed by atoms with Gasteiger partial charge in [0.25, 0.3) is 0 Å². The van der Waals surface area contributed by atoms with E-state index in [-0.39, 0.29) is 6.04 Å². The molecule has 124 valence electrons. The van der Waals surface area contributed by atoms with Gasteiger partial charge in [-0.2, -0.15) is 4.91 Å². The normalized spacial score (nSPS) is 51.7. The Morgan fingerprint density at radius 3 is 2.70 bits per heavy atom. The molecule has 4 aliphatic rings. The molecule has 0 aliphatic heterocycles. The number of rotatable bonds is 1. The van der Waals surface area contributed by atoms with Crippen LogP contribution in [0.5, 0.6) is 0 Å². The molecule has 2 nitrogen and oxygen atoms in total. The summed E-state index contributed by atoms with van der Waals surface area (Å²) in [7, 11) is 0. The van der Waals surface area contributed by atoms with Gasteiger partial charge < -0.3 is 0 Å². The molecule has 3 saturated carbocycles. The molecule has 0 bridgehead atoms. The van der Waals surface area contributed by atoms with Gasteiger partial charge in [0.15, 0.2) is 0 Å². The van der Waals surface area contributed by atoms with E-state index in [0.29, 0.717) is 16.7 Å². The summed E-state index contributed by atoms with van der Waals surface area (Å²) in [6.45, 7) is 4.96. The second-order valence-electron chi connectivity index (χ2n) is 9.08. The lowest BCUT2D eigenvalue weighted by molar-refractivity contribution is -0.0446. The lowest BCUT2D eigenvalue weighted by Crippen LogP contribution is -2.50. The van der Waals surface area contributed by atoms with Gasteiger partial charge in [0.2, 0.25) is 0 Å². The van der Waals surface area contributed by atoms with Crippen molar-refractivity contribution in [2.75, 3.05) is 0 Å². The number of nitroso groups, excluding NO2 is 1. The maximum Gasteiger partial charge on any atom is 0.110 e. The molecular formula is C21H29NO. The first-order valence-electron chi connectivity index (χ1n) is 9.52. The SMILES string of the molecule is C#C[C@H]1CCC2C3CCC4=C[C@@H](N=O)CCC4(C)C3CCC21C. The van der Waals surface area contributed by atoms with E-state index < -0.39 is 0 Å². The van der Waals surface area contributed by atoms with Crippen molar-refractivity contribution in [1.29, 1.82) is 0 Å². The Bertz CT molecular complexity index is 587. The molecule has 0 aromatic heterocycles. The molecule has 4 rings (SSSR count). The molecule has 0 heterocycles. The van der Waals surface area contributed by atoms with E-state index in [1.54, 1.807) is 5.57 Å². The summed E-state index contributed by atoms with van der Waals surface area (Å²) in [5, 5.41) is 3.31. The molecule has 7 atom stereocenters. The summed E-state index contributed by atoms with van der Waals surface area (Å²) in [6, 6.07) is -0.0687. The van der Waals surface area contributed by atoms with E-state index in [2.05, 4.69) is 31.0 Å². The molecule has 0 aromatic rings. The smallest absolute Gasteiger partial charge is 0.110 e. The summed E-state index contributed by atoms with van der Waals surface area (Å²) >= 11 is 0. The third-order valence-electron chi connectivity index (χ3n) is 8.43. The molecule has 23 heavy (non-hydrogen) atoms. The van der Waals surface area contributed by atoms with Crippen LogP contribution < -0.4 is 0 Å². The van der Waals surface area contributed by atoms with Gasteiger partial charge in [0.1, 0.15) is 6.04 Å². The van der Waals surface area contributed by atoms with E-state index in [1.807, 2.05) is 0 Å². The van der Waals surface area contributed by atoms with Crippen molar-refractivity contribution in [3.8, 4) is 12.3 Å². The zero-order chi connectivity index (χ0) is 16.2. The molecule has 0 N–H and O–H groups in total. The highest BCUT2D eigenvalue weighted by atomic mass is 16.3. The van der Waals surface area contributed by atoms with Gasteiger partial charge in [-0.3, -0.25) is 0 Å². The Hall–Kier alpha value is -1.10. The number of terminal acetylenes is 1. The molecule has 4 aliphatic carbocycles. The lowest BCUT2D eigenvalue weighted by atomic mass is 9.47. The Balaban J connectivity index is 1.66. The van der Waals surface area contributed by atoms with E-state index in [0.717, 1.165) is 30.6 Å². The minimum atomic E-state index is -0.0687. The number of allylic oxidation sites excluding steroid dienone is 1. The topological polar surface area (TPSA) is 29.4 Å². The van der Waals surface area contributed by atoms with Crippen molar-refractivity contribution < 1.29 is 0 Å². The zero-order valence-corrected chi connectivity index (χ0v) is 14.6. The molecule has 5 unspecified atom stereocenters. The third-order valence-corrected chi connectivity index (χ3v) is 8.43. The first kappa shape index (κ1) is 15.4. The Kier molecular flexibility index (Phi) is 3.49. The van der Waals surface area contributed by atoms with Crippen molar-refractivity contribution in [3.05, 3.63) is 16.6 Å². The molecule has 0 amide bonds. The largest absolute Gasteiger partial charge is 0.150 e. The van der Waals surface area contributed by atoms with Crippen LogP contribution in [0, 0.1) is 51.8 Å². The fourth-order valence-corrected chi connectivity index (χ4v) is 7.07. The fourth-order valence-electron chi connectivity index (χ4n) is 7.07. The lowest BCUT2D eigenvalue weighted by Gasteiger charge is -2.58. The van der Waals surface area contributed by atoms with Crippen molar-refractivity contribution in [1.82, 2.24) is 0 Å². The zero-order valence-electron chi connectivity index (χ0n) is 14.6. The quantitative estimate of drug-likeness (QED) is 0.365. The van der Waals surface area contributed by atoms with Gasteiger partial charge in [0.05, 0.1) is 0 Å². The van der Waals surface area contributed by atoms with Crippen LogP contribution in [0.25, 0.3) is 0 Å². The summed E-state index contributed by atoms with van der Waals surface area (Å²) < 4.78 is 0. The first-order chi connectivity index (χ1) is 11.0. The molecular weight excluding hydrogens is 282 g/mol. The minimum absolute atomic E-state index is 0.0687. The predicted octanol–water partition coefficient (Wildman–Crippen LogP) is 5.33. The van der Waals surface area contributed by atoms with Crippen LogP contribution in [0.2, 0.25) is 0 Å². The van der Waals surface area contributed by atoms with Crippen molar-refractivity contribution in [2.45, 2.75) is 71.3 Å². The fraction of sp³-hybridized carbons (Fsp3) is 0.810. The third kappa shape index (κ3) is 2.01. The van der Waals surface area contributed by atoms with E-state index >= 15 is 0 Å². The van der Waals surface area contributed by atoms with Crippen LogP contribution in [-0.2, 0) is 0 Å². The van der Waals surface area contributed by atoms with Crippen molar-refractivity contribution in [3.63, 3.8) is 0 Å². The van der Waals surface area contributed by atoms with E-state index in [9.17, 15) is 4.91 Å². The number of hydrogen-bond donors (Lipinski definition) is 0. The molecule has 0 radical (unpaired) electrons. The molecule has 2 heteroatoms. The minimum Gasteiger partial charge on any atom is -0.150 e. The van der Waals surface area contributed by atoms with Crippen LogP contribution in [0.3, 0.4) is 0 Å². The molecule has 0 saturated heterocycles. The summed E-state index contributed by atoms with van der Waals surface area (Å²) in [5.41, 5.74) is 2.25. The number of fused-ring (bicyclic) bond motifs is 5. The molecule has 0 spiro atoms. The van der Waals surface area contributed by atoms with Gasteiger partial charge in [-0.05, 0) is 80.0 Å². The van der Waals surface area contributed by atoms with E-state index in [1.165, 1.54) is 38.5 Å². The number of nitrogens with zero attached hydrogens (tertiary/aromatic N) is 1. The predicted molar refractivity (Wildman–Crippen MR) is 93.6 cm³/mol. The Morgan fingerprint density at radius 2 is 1.96 bits per heavy atom. The highest BCUT2D eigenvalue weighted by Gasteiger charge is 2.58. The summed E-state index contributed by atoms with van der Waals surface area (Å²) in [4.78, 5) is 11.0. The summed E-state index contributed by atoms with van der Waals surface area (Å²) in [5.74, 6) is 6.07. The Labute approximate surface area is 140 Å². The molecule has 0 aromatic carbocycles. The van der Waals surface area contributed by atoms with Crippen molar-refractivity contribution >= 4 is 0 Å². The first-order valence-corrected chi connectivity index (χ1v) is 9.52. The number of hydrogen-bond acceptors (Lipinski definition) is 2. The van der Waals surface area contributed by atoms with Gasteiger partial charge in [-0.1, -0.05) is 30.7 Å². The van der Waals surface area contributed by atoms with Gasteiger partial charge in [-0.15, -0.1) is 12.3 Å². The molecule has 3 fully saturated rings. The summed E-state index contributed by atoms with van der Waals surface area (Å²) in [6.07, 6.45) is 17.8. The van der Waals surface area contributed by atoms with E-state index in [4.69, 9.17) is 6.42 Å². The maximum absolute atomic E-state index is 11.0. The van der Waals surface area contributed by atoms with Crippen molar-refractivity contribution in [2.24, 2.45) is 39.7 Å². The van der Waals surface area contributed by atoms with Crippen LogP contribution >= 0.6 is 0 Å². The second kappa shape index (κ2) is 5.20.